The molecule has 0 bridgehead atoms. The van der Waals surface area contributed by atoms with Crippen LogP contribution in [0.5, 0.6) is 0 Å². The smallest absolute Gasteiger partial charge is 0.436 e. The molecule has 1 saturated heterocycles. The fourth-order valence-electron chi connectivity index (χ4n) is 5.24. The number of nitrogens with zero attached hydrogens (tertiary/aromatic N) is 2. The van der Waals surface area contributed by atoms with Gasteiger partial charge >= 0.3 is 6.18 Å². The first kappa shape index (κ1) is 28.6. The Balaban J connectivity index is 1.35. The standard InChI is InChI=1S/C28H24F7N3O3/c29-18-9-21(38(13-18)24(39)10-23-36-22(14-41-23)28(33,34)35)26(40)37-25(15-4-2-1-3-5-15)16-6-7-19(20(30)8-16)17-11-27(31,32)12-17/h1-8,14,17-18,21,25H,9-13H2,(H,37,40). The van der Waals surface area contributed by atoms with Crippen molar-refractivity contribution in [3.63, 3.8) is 0 Å². The van der Waals surface area contributed by atoms with Gasteiger partial charge in [0.05, 0.1) is 12.6 Å². The van der Waals surface area contributed by atoms with E-state index in [-0.39, 0.29) is 12.0 Å². The summed E-state index contributed by atoms with van der Waals surface area (Å²) in [7, 11) is 0. The minimum Gasteiger partial charge on any atom is -0.448 e. The maximum Gasteiger partial charge on any atom is 0.436 e. The number of oxazole rings is 1. The van der Waals surface area contributed by atoms with Crippen LogP contribution in [0.25, 0.3) is 0 Å². The number of amides is 2. The zero-order valence-electron chi connectivity index (χ0n) is 21.3. The molecular weight excluding hydrogens is 559 g/mol. The lowest BCUT2D eigenvalue weighted by Crippen LogP contribution is -2.47. The van der Waals surface area contributed by atoms with E-state index in [2.05, 4.69) is 10.3 Å². The molecule has 2 aliphatic rings. The van der Waals surface area contributed by atoms with E-state index >= 15 is 4.39 Å². The lowest BCUT2D eigenvalue weighted by Gasteiger charge is -2.35. The van der Waals surface area contributed by atoms with Gasteiger partial charge in [-0.25, -0.2) is 22.5 Å². The lowest BCUT2D eigenvalue weighted by atomic mass is 9.76. The van der Waals surface area contributed by atoms with Crippen LogP contribution in [0.4, 0.5) is 30.7 Å². The van der Waals surface area contributed by atoms with Gasteiger partial charge in [-0.3, -0.25) is 9.59 Å². The van der Waals surface area contributed by atoms with Crippen LogP contribution in [-0.2, 0) is 22.2 Å². The molecule has 41 heavy (non-hydrogen) atoms. The van der Waals surface area contributed by atoms with Gasteiger partial charge in [0, 0.05) is 19.3 Å². The van der Waals surface area contributed by atoms with Gasteiger partial charge in [0.2, 0.25) is 23.6 Å². The highest BCUT2D eigenvalue weighted by Crippen LogP contribution is 2.49. The fourth-order valence-corrected chi connectivity index (χ4v) is 5.24. The van der Waals surface area contributed by atoms with Gasteiger partial charge in [-0.05, 0) is 28.7 Å². The second-order valence-corrected chi connectivity index (χ2v) is 10.3. The van der Waals surface area contributed by atoms with Crippen LogP contribution in [0.1, 0.15) is 59.5 Å². The predicted octanol–water partition coefficient (Wildman–Crippen LogP) is 5.73. The molecule has 13 heteroatoms. The molecule has 2 amide bonds. The van der Waals surface area contributed by atoms with Crippen molar-refractivity contribution in [1.29, 1.82) is 0 Å². The molecule has 2 fully saturated rings. The number of hydrogen-bond donors (Lipinski definition) is 1. The van der Waals surface area contributed by atoms with Gasteiger partial charge < -0.3 is 14.6 Å². The zero-order valence-corrected chi connectivity index (χ0v) is 21.3. The summed E-state index contributed by atoms with van der Waals surface area (Å²) in [6, 6.07) is 10.3. The number of rotatable bonds is 7. The maximum atomic E-state index is 15.0. The number of benzene rings is 2. The summed E-state index contributed by atoms with van der Waals surface area (Å²) in [6.45, 7) is -0.463. The number of alkyl halides is 6. The molecule has 3 atom stereocenters. The number of halogens is 7. The van der Waals surface area contributed by atoms with E-state index in [9.17, 15) is 35.9 Å². The Kier molecular flexibility index (Phi) is 7.56. The molecule has 1 aliphatic heterocycles. The van der Waals surface area contributed by atoms with Crippen LogP contribution < -0.4 is 5.32 Å². The highest BCUT2D eigenvalue weighted by Gasteiger charge is 2.47. The number of carbonyl (C=O) groups is 2. The lowest BCUT2D eigenvalue weighted by molar-refractivity contribution is -0.141. The largest absolute Gasteiger partial charge is 0.448 e. The van der Waals surface area contributed by atoms with E-state index in [0.717, 1.165) is 11.0 Å². The summed E-state index contributed by atoms with van der Waals surface area (Å²) in [5.41, 5.74) is -0.348. The van der Waals surface area contributed by atoms with E-state index in [1.807, 2.05) is 0 Å². The van der Waals surface area contributed by atoms with Crippen molar-refractivity contribution < 1.29 is 44.7 Å². The van der Waals surface area contributed by atoms with Crippen molar-refractivity contribution in [1.82, 2.24) is 15.2 Å². The van der Waals surface area contributed by atoms with Gasteiger partial charge in [0.25, 0.3) is 0 Å². The van der Waals surface area contributed by atoms with Crippen LogP contribution in [0, 0.1) is 5.82 Å². The molecule has 1 aromatic heterocycles. The quantitative estimate of drug-likeness (QED) is 0.361. The third-order valence-electron chi connectivity index (χ3n) is 7.32. The monoisotopic (exact) mass is 583 g/mol. The summed E-state index contributed by atoms with van der Waals surface area (Å²) >= 11 is 0. The summed E-state index contributed by atoms with van der Waals surface area (Å²) < 4.78 is 99.3. The molecule has 1 N–H and O–H groups in total. The Hall–Kier alpha value is -3.90. The molecule has 1 aliphatic carbocycles. The zero-order chi connectivity index (χ0) is 29.5. The Labute approximate surface area is 229 Å². The molecule has 1 saturated carbocycles. The van der Waals surface area contributed by atoms with Crippen molar-refractivity contribution in [2.45, 2.75) is 62.0 Å². The summed E-state index contributed by atoms with van der Waals surface area (Å²) in [5.74, 6) is -6.32. The molecule has 0 spiro atoms. The summed E-state index contributed by atoms with van der Waals surface area (Å²) in [5, 5.41) is 2.73. The second kappa shape index (κ2) is 10.8. The van der Waals surface area contributed by atoms with Gasteiger partial charge in [0.1, 0.15) is 30.7 Å². The molecule has 2 aromatic carbocycles. The third kappa shape index (κ3) is 6.23. The van der Waals surface area contributed by atoms with E-state index < -0.39 is 91.3 Å². The average molecular weight is 584 g/mol. The van der Waals surface area contributed by atoms with Gasteiger partial charge in [-0.1, -0.05) is 42.5 Å². The molecule has 3 aromatic rings. The first-order chi connectivity index (χ1) is 19.3. The van der Waals surface area contributed by atoms with E-state index in [1.165, 1.54) is 12.1 Å². The Morgan fingerprint density at radius 2 is 1.80 bits per heavy atom. The molecule has 0 radical (unpaired) electrons. The number of nitrogens with one attached hydrogen (secondary N) is 1. The third-order valence-corrected chi connectivity index (χ3v) is 7.32. The highest BCUT2D eigenvalue weighted by molar-refractivity contribution is 5.89. The van der Waals surface area contributed by atoms with Crippen LogP contribution in [0.2, 0.25) is 0 Å². The van der Waals surface area contributed by atoms with Crippen LogP contribution in [-0.4, -0.2) is 46.4 Å². The van der Waals surface area contributed by atoms with Gasteiger partial charge in [0.15, 0.2) is 5.69 Å². The number of carbonyl (C=O) groups excluding carboxylic acids is 2. The van der Waals surface area contributed by atoms with E-state index in [4.69, 9.17) is 4.42 Å². The summed E-state index contributed by atoms with van der Waals surface area (Å²) in [6.07, 6.45) is -7.98. The molecule has 2 heterocycles. The topological polar surface area (TPSA) is 75.4 Å². The highest BCUT2D eigenvalue weighted by atomic mass is 19.4. The van der Waals surface area contributed by atoms with E-state index in [0.29, 0.717) is 17.4 Å². The second-order valence-electron chi connectivity index (χ2n) is 10.3. The van der Waals surface area contributed by atoms with Crippen molar-refractivity contribution in [2.75, 3.05) is 6.54 Å². The first-order valence-corrected chi connectivity index (χ1v) is 12.8. The summed E-state index contributed by atoms with van der Waals surface area (Å²) in [4.78, 5) is 30.4. The number of aromatic nitrogens is 1. The number of hydrogen-bond acceptors (Lipinski definition) is 4. The van der Waals surface area contributed by atoms with E-state index in [1.54, 1.807) is 30.3 Å². The first-order valence-electron chi connectivity index (χ1n) is 12.8. The molecule has 6 nitrogen and oxygen atoms in total. The normalized spacial score (nSPS) is 21.4. The number of likely N-dealkylation sites (tertiary alicyclic amines) is 1. The van der Waals surface area contributed by atoms with Crippen molar-refractivity contribution in [3.8, 4) is 0 Å². The molecule has 5 rings (SSSR count). The Bertz CT molecular complexity index is 1420. The minimum absolute atomic E-state index is 0.144. The maximum absolute atomic E-state index is 15.0. The van der Waals surface area contributed by atoms with Crippen LogP contribution >= 0.6 is 0 Å². The fraction of sp³-hybridized carbons (Fsp3) is 0.393. The van der Waals surface area contributed by atoms with Crippen LogP contribution in [0.3, 0.4) is 0 Å². The molecular formula is C28H24F7N3O3. The van der Waals surface area contributed by atoms with Crippen molar-refractivity contribution in [3.05, 3.63) is 88.9 Å². The Morgan fingerprint density at radius 1 is 1.10 bits per heavy atom. The van der Waals surface area contributed by atoms with Gasteiger partial charge in [-0.15, -0.1) is 0 Å². The van der Waals surface area contributed by atoms with Crippen LogP contribution in [0.15, 0.2) is 59.2 Å². The van der Waals surface area contributed by atoms with Crippen molar-refractivity contribution >= 4 is 11.8 Å². The predicted molar refractivity (Wildman–Crippen MR) is 130 cm³/mol. The SMILES string of the molecule is O=C(NC(c1ccccc1)c1ccc(C2CC(F)(F)C2)c(F)c1)C1CC(F)CN1C(=O)Cc1nc(C(F)(F)F)co1. The van der Waals surface area contributed by atoms with Gasteiger partial charge in [-0.2, -0.15) is 13.2 Å². The minimum atomic E-state index is -4.78. The van der Waals surface area contributed by atoms with Crippen molar-refractivity contribution in [2.24, 2.45) is 0 Å². The Morgan fingerprint density at radius 3 is 2.41 bits per heavy atom. The average Bonchev–Trinajstić information content (AvgIpc) is 3.53. The molecule has 3 unspecified atom stereocenters. The molecule has 218 valence electrons.